The molecule has 1 atom stereocenters. The Hall–Kier alpha value is -1.99. The van der Waals surface area contributed by atoms with Gasteiger partial charge in [-0.3, -0.25) is 4.79 Å². The Morgan fingerprint density at radius 2 is 2.33 bits per heavy atom. The van der Waals surface area contributed by atoms with Crippen molar-refractivity contribution in [3.05, 3.63) is 57.2 Å². The summed E-state index contributed by atoms with van der Waals surface area (Å²) in [6, 6.07) is 4.09. The van der Waals surface area contributed by atoms with Crippen molar-refractivity contribution in [2.75, 3.05) is 0 Å². The summed E-state index contributed by atoms with van der Waals surface area (Å²) < 4.78 is 1.99. The first-order chi connectivity index (χ1) is 11.7. The van der Waals surface area contributed by atoms with E-state index >= 15 is 0 Å². The smallest absolute Gasteiger partial charge is 0.220 e. The highest BCUT2D eigenvalue weighted by atomic mass is 32.1. The Morgan fingerprint density at radius 1 is 1.42 bits per heavy atom. The summed E-state index contributed by atoms with van der Waals surface area (Å²) in [5, 5.41) is 8.22. The minimum Gasteiger partial charge on any atom is -0.346 e. The van der Waals surface area contributed by atoms with Crippen LogP contribution in [-0.4, -0.2) is 20.4 Å². The van der Waals surface area contributed by atoms with E-state index in [1.807, 2.05) is 29.1 Å². The third-order valence-electron chi connectivity index (χ3n) is 3.63. The standard InChI is InChI=1S/C17H20N4OS2/c1-13-11-24-17(19-13)15(10-14-4-3-9-23-14)20-16(22)5-2-7-21-8-6-18-12-21/h3-4,6,8-9,11-12,15H,2,5,7,10H2,1H3,(H,20,22)/t15-/m1/s1. The van der Waals surface area contributed by atoms with E-state index in [1.165, 1.54) is 4.88 Å². The van der Waals surface area contributed by atoms with Crippen molar-refractivity contribution in [2.24, 2.45) is 0 Å². The molecular formula is C17H20N4OS2. The van der Waals surface area contributed by atoms with Gasteiger partial charge in [0.2, 0.25) is 5.91 Å². The molecule has 0 spiro atoms. The normalized spacial score (nSPS) is 12.2. The number of nitrogens with one attached hydrogen (secondary N) is 1. The highest BCUT2D eigenvalue weighted by Crippen LogP contribution is 2.24. The van der Waals surface area contributed by atoms with E-state index in [0.717, 1.165) is 30.1 Å². The second kappa shape index (κ2) is 8.21. The van der Waals surface area contributed by atoms with Crippen molar-refractivity contribution in [3.63, 3.8) is 0 Å². The van der Waals surface area contributed by atoms with E-state index in [4.69, 9.17) is 0 Å². The summed E-state index contributed by atoms with van der Waals surface area (Å²) in [5.74, 6) is 0.0736. The first kappa shape index (κ1) is 16.9. The molecule has 0 aliphatic rings. The fourth-order valence-corrected chi connectivity index (χ4v) is 4.07. The van der Waals surface area contributed by atoms with Crippen molar-refractivity contribution < 1.29 is 4.79 Å². The quantitative estimate of drug-likeness (QED) is 0.668. The SMILES string of the molecule is Cc1csc([C@@H](Cc2cccs2)NC(=O)CCCn2ccnc2)n1. The third kappa shape index (κ3) is 4.75. The monoisotopic (exact) mass is 360 g/mol. The van der Waals surface area contributed by atoms with E-state index in [1.54, 1.807) is 35.2 Å². The number of aryl methyl sites for hydroxylation is 2. The Morgan fingerprint density at radius 3 is 3.00 bits per heavy atom. The van der Waals surface area contributed by atoms with Crippen LogP contribution in [0.25, 0.3) is 0 Å². The molecule has 1 N–H and O–H groups in total. The fraction of sp³-hybridized carbons (Fsp3) is 0.353. The Balaban J connectivity index is 1.57. The predicted octanol–water partition coefficient (Wildman–Crippen LogP) is 3.59. The lowest BCUT2D eigenvalue weighted by Crippen LogP contribution is -2.29. The molecule has 0 saturated heterocycles. The molecule has 0 aliphatic heterocycles. The van der Waals surface area contributed by atoms with Crippen molar-refractivity contribution >= 4 is 28.6 Å². The molecule has 3 aromatic rings. The lowest BCUT2D eigenvalue weighted by Gasteiger charge is -2.16. The maximum atomic E-state index is 12.3. The number of thiazole rings is 1. The predicted molar refractivity (Wildman–Crippen MR) is 97.2 cm³/mol. The molecule has 3 aromatic heterocycles. The van der Waals surface area contributed by atoms with E-state index in [9.17, 15) is 4.79 Å². The molecule has 24 heavy (non-hydrogen) atoms. The van der Waals surface area contributed by atoms with Gasteiger partial charge in [0.15, 0.2) is 0 Å². The molecule has 1 amide bonds. The van der Waals surface area contributed by atoms with Gasteiger partial charge in [0.25, 0.3) is 0 Å². The second-order valence-corrected chi connectivity index (χ2v) is 7.56. The largest absolute Gasteiger partial charge is 0.346 e. The van der Waals surface area contributed by atoms with E-state index in [2.05, 4.69) is 26.7 Å². The molecule has 0 unspecified atom stereocenters. The number of carbonyl (C=O) groups is 1. The van der Waals surface area contributed by atoms with Gasteiger partial charge in [-0.25, -0.2) is 9.97 Å². The number of aromatic nitrogens is 3. The van der Waals surface area contributed by atoms with Crippen LogP contribution < -0.4 is 5.32 Å². The van der Waals surface area contributed by atoms with Crippen molar-refractivity contribution in [2.45, 2.75) is 38.8 Å². The maximum absolute atomic E-state index is 12.3. The Labute approximate surface area is 149 Å². The second-order valence-electron chi connectivity index (χ2n) is 5.63. The average Bonchev–Trinajstić information content (AvgIpc) is 3.29. The topological polar surface area (TPSA) is 59.8 Å². The molecule has 0 radical (unpaired) electrons. The van der Waals surface area contributed by atoms with Gasteiger partial charge >= 0.3 is 0 Å². The van der Waals surface area contributed by atoms with Crippen LogP contribution in [0, 0.1) is 6.92 Å². The van der Waals surface area contributed by atoms with Crippen LogP contribution in [0.2, 0.25) is 0 Å². The third-order valence-corrected chi connectivity index (χ3v) is 5.61. The lowest BCUT2D eigenvalue weighted by atomic mass is 10.1. The zero-order valence-electron chi connectivity index (χ0n) is 13.5. The molecule has 0 bridgehead atoms. The zero-order valence-corrected chi connectivity index (χ0v) is 15.1. The van der Waals surface area contributed by atoms with Crippen LogP contribution in [0.1, 0.15) is 34.5 Å². The molecule has 0 fully saturated rings. The van der Waals surface area contributed by atoms with Crippen LogP contribution in [0.15, 0.2) is 41.6 Å². The summed E-state index contributed by atoms with van der Waals surface area (Å²) >= 11 is 3.32. The summed E-state index contributed by atoms with van der Waals surface area (Å²) in [5.41, 5.74) is 1.00. The number of rotatable bonds is 8. The van der Waals surface area contributed by atoms with Crippen molar-refractivity contribution in [1.29, 1.82) is 0 Å². The fourth-order valence-electron chi connectivity index (χ4n) is 2.47. The first-order valence-corrected chi connectivity index (χ1v) is 9.66. The van der Waals surface area contributed by atoms with Crippen LogP contribution in [-0.2, 0) is 17.8 Å². The van der Waals surface area contributed by atoms with Gasteiger partial charge < -0.3 is 9.88 Å². The number of imidazole rings is 1. The summed E-state index contributed by atoms with van der Waals surface area (Å²) in [6.45, 7) is 2.79. The van der Waals surface area contributed by atoms with Crippen LogP contribution in [0.4, 0.5) is 0 Å². The Bertz CT molecular complexity index is 750. The molecule has 0 aromatic carbocycles. The lowest BCUT2D eigenvalue weighted by molar-refractivity contribution is -0.122. The van der Waals surface area contributed by atoms with Gasteiger partial charge in [-0.2, -0.15) is 0 Å². The molecular weight excluding hydrogens is 340 g/mol. The average molecular weight is 361 g/mol. The Kier molecular flexibility index (Phi) is 5.77. The number of carbonyl (C=O) groups excluding carboxylic acids is 1. The molecule has 0 aliphatic carbocycles. The summed E-state index contributed by atoms with van der Waals surface area (Å²) in [6.07, 6.45) is 7.53. The van der Waals surface area contributed by atoms with Gasteiger partial charge in [0, 0.05) is 47.7 Å². The maximum Gasteiger partial charge on any atom is 0.220 e. The van der Waals surface area contributed by atoms with Crippen LogP contribution >= 0.6 is 22.7 Å². The minimum atomic E-state index is -0.0527. The summed E-state index contributed by atoms with van der Waals surface area (Å²) in [7, 11) is 0. The highest BCUT2D eigenvalue weighted by molar-refractivity contribution is 7.10. The van der Waals surface area contributed by atoms with Gasteiger partial charge in [-0.1, -0.05) is 6.07 Å². The molecule has 3 rings (SSSR count). The minimum absolute atomic E-state index is 0.0527. The van der Waals surface area contributed by atoms with Crippen molar-refractivity contribution in [3.8, 4) is 0 Å². The molecule has 7 heteroatoms. The van der Waals surface area contributed by atoms with E-state index in [0.29, 0.717) is 6.42 Å². The number of amides is 1. The molecule has 5 nitrogen and oxygen atoms in total. The van der Waals surface area contributed by atoms with Gasteiger partial charge in [0.1, 0.15) is 5.01 Å². The van der Waals surface area contributed by atoms with E-state index < -0.39 is 0 Å². The molecule has 0 saturated carbocycles. The number of thiophene rings is 1. The van der Waals surface area contributed by atoms with Gasteiger partial charge in [0.05, 0.1) is 12.4 Å². The number of hydrogen-bond donors (Lipinski definition) is 1. The van der Waals surface area contributed by atoms with Crippen molar-refractivity contribution in [1.82, 2.24) is 19.9 Å². The van der Waals surface area contributed by atoms with E-state index in [-0.39, 0.29) is 11.9 Å². The van der Waals surface area contributed by atoms with Gasteiger partial charge in [-0.05, 0) is 24.8 Å². The highest BCUT2D eigenvalue weighted by Gasteiger charge is 2.18. The first-order valence-electron chi connectivity index (χ1n) is 7.90. The number of nitrogens with zero attached hydrogens (tertiary/aromatic N) is 3. The summed E-state index contributed by atoms with van der Waals surface area (Å²) in [4.78, 5) is 22.2. The van der Waals surface area contributed by atoms with Crippen LogP contribution in [0.3, 0.4) is 0 Å². The van der Waals surface area contributed by atoms with Gasteiger partial charge in [-0.15, -0.1) is 22.7 Å². The molecule has 126 valence electrons. The van der Waals surface area contributed by atoms with Crippen LogP contribution in [0.5, 0.6) is 0 Å². The zero-order chi connectivity index (χ0) is 16.8. The number of hydrogen-bond acceptors (Lipinski definition) is 5. The molecule has 3 heterocycles.